The fraction of sp³-hybridized carbons (Fsp3) is 0.733. The normalized spacial score (nSPS) is 27.1. The van der Waals surface area contributed by atoms with E-state index in [0.29, 0.717) is 36.1 Å². The third-order valence-electron chi connectivity index (χ3n) is 9.66. The summed E-state index contributed by atoms with van der Waals surface area (Å²) < 4.78 is 0. The molecule has 2 aliphatic heterocycles. The van der Waals surface area contributed by atoms with Gasteiger partial charge in [0.2, 0.25) is 5.91 Å². The Labute approximate surface area is 212 Å². The predicted molar refractivity (Wildman–Crippen MR) is 140 cm³/mol. The quantitative estimate of drug-likeness (QED) is 0.580. The second kappa shape index (κ2) is 11.1. The van der Waals surface area contributed by atoms with Crippen molar-refractivity contribution in [3.63, 3.8) is 0 Å². The number of fused-ring (bicyclic) bond motifs is 2. The van der Waals surface area contributed by atoms with Crippen molar-refractivity contribution in [3.8, 4) is 0 Å². The van der Waals surface area contributed by atoms with Gasteiger partial charge >= 0.3 is 0 Å². The molecule has 5 rings (SSSR count). The number of likely N-dealkylation sites (tertiary alicyclic amines) is 2. The lowest BCUT2D eigenvalue weighted by atomic mass is 9.76. The third kappa shape index (κ3) is 5.36. The van der Waals surface area contributed by atoms with Crippen LogP contribution in [-0.2, 0) is 22.4 Å². The first-order valence-corrected chi connectivity index (χ1v) is 14.4. The van der Waals surface area contributed by atoms with E-state index in [1.807, 2.05) is 7.05 Å². The van der Waals surface area contributed by atoms with E-state index in [2.05, 4.69) is 46.3 Å². The summed E-state index contributed by atoms with van der Waals surface area (Å²) in [7, 11) is 1.87. The highest BCUT2D eigenvalue weighted by atomic mass is 16.2. The highest BCUT2D eigenvalue weighted by molar-refractivity contribution is 5.90. The first-order chi connectivity index (χ1) is 17.1. The standard InChI is InChI=1S/C30H45N3O2/c1-3-27(31-2)29(34)17-26(22-9-5-4-6-10-22)30(35)33-14-13-25-19-32(20-28(25)33)18-21-15-23-11-7-8-12-24(23)16-21/h7-8,11-12,21-22,25-28,31H,3-6,9-10,13-20H2,1-2H3/t25-,26-,27-,28+/m0/s1. The molecule has 4 atom stereocenters. The van der Waals surface area contributed by atoms with Gasteiger partial charge in [-0.15, -0.1) is 0 Å². The number of ketones is 1. The zero-order chi connectivity index (χ0) is 24.4. The van der Waals surface area contributed by atoms with Gasteiger partial charge in [-0.2, -0.15) is 0 Å². The molecule has 0 unspecified atom stereocenters. The zero-order valence-electron chi connectivity index (χ0n) is 21.9. The Bertz CT molecular complexity index is 866. The average molecular weight is 480 g/mol. The second-order valence-corrected chi connectivity index (χ2v) is 11.8. The van der Waals surface area contributed by atoms with Gasteiger partial charge in [-0.1, -0.05) is 50.5 Å². The molecule has 2 aliphatic carbocycles. The van der Waals surface area contributed by atoms with Gasteiger partial charge in [-0.05, 0) is 74.5 Å². The lowest BCUT2D eigenvalue weighted by Gasteiger charge is -2.35. The van der Waals surface area contributed by atoms with Gasteiger partial charge in [0.15, 0.2) is 5.78 Å². The Balaban J connectivity index is 1.23. The summed E-state index contributed by atoms with van der Waals surface area (Å²) in [6.07, 6.45) is 10.6. The minimum absolute atomic E-state index is 0.123. The van der Waals surface area contributed by atoms with E-state index in [1.165, 1.54) is 43.2 Å². The number of Topliss-reactive ketones (excluding diaryl/α,β-unsaturated/α-hetero) is 1. The number of rotatable bonds is 9. The smallest absolute Gasteiger partial charge is 0.226 e. The van der Waals surface area contributed by atoms with Crippen LogP contribution in [-0.4, -0.2) is 66.8 Å². The van der Waals surface area contributed by atoms with Crippen LogP contribution in [0.4, 0.5) is 0 Å². The van der Waals surface area contributed by atoms with Crippen LogP contribution in [0.5, 0.6) is 0 Å². The molecule has 2 saturated heterocycles. The van der Waals surface area contributed by atoms with E-state index in [0.717, 1.165) is 51.9 Å². The molecular weight excluding hydrogens is 434 g/mol. The maximum Gasteiger partial charge on any atom is 0.226 e. The monoisotopic (exact) mass is 479 g/mol. The summed E-state index contributed by atoms with van der Waals surface area (Å²) >= 11 is 0. The first-order valence-electron chi connectivity index (χ1n) is 14.4. The van der Waals surface area contributed by atoms with Crippen LogP contribution in [0.3, 0.4) is 0 Å². The van der Waals surface area contributed by atoms with E-state index in [-0.39, 0.29) is 17.7 Å². The Kier molecular flexibility index (Phi) is 7.93. The van der Waals surface area contributed by atoms with E-state index in [1.54, 1.807) is 0 Å². The molecule has 1 amide bonds. The molecule has 0 bridgehead atoms. The first kappa shape index (κ1) is 25.0. The largest absolute Gasteiger partial charge is 0.338 e. The average Bonchev–Trinajstić information content (AvgIpc) is 3.57. The van der Waals surface area contributed by atoms with Gasteiger partial charge in [0, 0.05) is 44.6 Å². The van der Waals surface area contributed by atoms with E-state index in [4.69, 9.17) is 0 Å². The Morgan fingerprint density at radius 1 is 1.03 bits per heavy atom. The number of carbonyl (C=O) groups excluding carboxylic acids is 2. The van der Waals surface area contributed by atoms with E-state index < -0.39 is 0 Å². The Hall–Kier alpha value is -1.72. The molecule has 4 aliphatic rings. The Morgan fingerprint density at radius 3 is 2.40 bits per heavy atom. The van der Waals surface area contributed by atoms with Crippen LogP contribution < -0.4 is 5.32 Å². The maximum absolute atomic E-state index is 14.1. The van der Waals surface area contributed by atoms with Crippen molar-refractivity contribution < 1.29 is 9.59 Å². The summed E-state index contributed by atoms with van der Waals surface area (Å²) in [5.41, 5.74) is 3.06. The highest BCUT2D eigenvalue weighted by Gasteiger charge is 2.46. The van der Waals surface area contributed by atoms with Gasteiger partial charge < -0.3 is 15.1 Å². The fourth-order valence-corrected chi connectivity index (χ4v) is 7.77. The molecule has 1 saturated carbocycles. The minimum atomic E-state index is -0.127. The van der Waals surface area contributed by atoms with Crippen molar-refractivity contribution >= 4 is 11.7 Å². The third-order valence-corrected chi connectivity index (χ3v) is 9.66. The fourth-order valence-electron chi connectivity index (χ4n) is 7.77. The number of carbonyl (C=O) groups is 2. The summed E-state index contributed by atoms with van der Waals surface area (Å²) in [6.45, 7) is 6.23. The number of nitrogens with one attached hydrogen (secondary N) is 1. The number of nitrogens with zero attached hydrogens (tertiary/aromatic N) is 2. The van der Waals surface area contributed by atoms with Crippen molar-refractivity contribution in [2.75, 3.05) is 33.2 Å². The lowest BCUT2D eigenvalue weighted by Crippen LogP contribution is -2.46. The Morgan fingerprint density at radius 2 is 1.74 bits per heavy atom. The molecule has 35 heavy (non-hydrogen) atoms. The summed E-state index contributed by atoms with van der Waals surface area (Å²) in [5.74, 6) is 2.08. The summed E-state index contributed by atoms with van der Waals surface area (Å²) in [5, 5.41) is 3.17. The molecule has 2 heterocycles. The SMILES string of the molecule is CC[C@H](NC)C(=O)C[C@H](C(=O)N1CC[C@H]2CN(CC3Cc4ccccc4C3)C[C@H]21)C1CCCCC1. The van der Waals surface area contributed by atoms with Crippen LogP contribution in [0.2, 0.25) is 0 Å². The number of hydrogen-bond donors (Lipinski definition) is 1. The van der Waals surface area contributed by atoms with Gasteiger partial charge in [-0.3, -0.25) is 9.59 Å². The van der Waals surface area contributed by atoms with E-state index >= 15 is 0 Å². The van der Waals surface area contributed by atoms with Crippen molar-refractivity contribution in [1.29, 1.82) is 0 Å². The highest BCUT2D eigenvalue weighted by Crippen LogP contribution is 2.38. The molecule has 1 N–H and O–H groups in total. The van der Waals surface area contributed by atoms with Gasteiger partial charge in [-0.25, -0.2) is 0 Å². The van der Waals surface area contributed by atoms with E-state index in [9.17, 15) is 9.59 Å². The van der Waals surface area contributed by atoms with Crippen molar-refractivity contribution in [2.45, 2.75) is 83.2 Å². The number of benzene rings is 1. The van der Waals surface area contributed by atoms with Gasteiger partial charge in [0.05, 0.1) is 6.04 Å². The van der Waals surface area contributed by atoms with Crippen LogP contribution in [0.1, 0.15) is 69.4 Å². The van der Waals surface area contributed by atoms with Crippen molar-refractivity contribution in [1.82, 2.24) is 15.1 Å². The van der Waals surface area contributed by atoms with Crippen LogP contribution >= 0.6 is 0 Å². The number of hydrogen-bond acceptors (Lipinski definition) is 4. The van der Waals surface area contributed by atoms with Crippen molar-refractivity contribution in [2.24, 2.45) is 23.7 Å². The molecule has 0 spiro atoms. The van der Waals surface area contributed by atoms with Crippen LogP contribution in [0, 0.1) is 23.7 Å². The molecule has 0 aromatic heterocycles. The summed E-state index contributed by atoms with van der Waals surface area (Å²) in [6, 6.07) is 9.13. The van der Waals surface area contributed by atoms with Gasteiger partial charge in [0.1, 0.15) is 0 Å². The molecule has 5 nitrogen and oxygen atoms in total. The van der Waals surface area contributed by atoms with Gasteiger partial charge in [0.25, 0.3) is 0 Å². The predicted octanol–water partition coefficient (Wildman–Crippen LogP) is 4.09. The summed E-state index contributed by atoms with van der Waals surface area (Å²) in [4.78, 5) is 32.0. The molecule has 0 radical (unpaired) electrons. The zero-order valence-corrected chi connectivity index (χ0v) is 21.9. The topological polar surface area (TPSA) is 52.7 Å². The minimum Gasteiger partial charge on any atom is -0.338 e. The van der Waals surface area contributed by atoms with Crippen LogP contribution in [0.25, 0.3) is 0 Å². The van der Waals surface area contributed by atoms with Crippen LogP contribution in [0.15, 0.2) is 24.3 Å². The van der Waals surface area contributed by atoms with Crippen molar-refractivity contribution in [3.05, 3.63) is 35.4 Å². The number of likely N-dealkylation sites (N-methyl/N-ethyl adjacent to an activating group) is 1. The lowest BCUT2D eigenvalue weighted by molar-refractivity contribution is -0.141. The molecule has 1 aromatic rings. The molecule has 5 heteroatoms. The molecule has 192 valence electrons. The maximum atomic E-state index is 14.1. The molecule has 1 aromatic carbocycles. The number of amides is 1. The molecular formula is C30H45N3O2. The second-order valence-electron chi connectivity index (χ2n) is 11.8. The molecule has 3 fully saturated rings.